The van der Waals surface area contributed by atoms with Crippen LogP contribution in [0.25, 0.3) is 0 Å². The van der Waals surface area contributed by atoms with Crippen molar-refractivity contribution in [1.29, 1.82) is 0 Å². The van der Waals surface area contributed by atoms with Gasteiger partial charge in [0.05, 0.1) is 4.92 Å². The average molecular weight is 519 g/mol. The Kier molecular flexibility index (Phi) is 9.58. The molecule has 10 nitrogen and oxygen atoms in total. The van der Waals surface area contributed by atoms with Crippen LogP contribution < -0.4 is 0 Å². The van der Waals surface area contributed by atoms with Gasteiger partial charge in [0.2, 0.25) is 0 Å². The molecule has 1 atom stereocenters. The molecule has 1 unspecified atom stereocenters. The predicted molar refractivity (Wildman–Crippen MR) is 143 cm³/mol. The quantitative estimate of drug-likeness (QED) is 0.195. The molecule has 0 bridgehead atoms. The maximum absolute atomic E-state index is 12.9. The Labute approximate surface area is 222 Å². The van der Waals surface area contributed by atoms with E-state index in [2.05, 4.69) is 45.8 Å². The van der Waals surface area contributed by atoms with Gasteiger partial charge in [-0.3, -0.25) is 14.8 Å². The number of amides is 1. The van der Waals surface area contributed by atoms with Crippen molar-refractivity contribution in [2.45, 2.75) is 44.4 Å². The van der Waals surface area contributed by atoms with Crippen LogP contribution in [0.3, 0.4) is 0 Å². The Balaban J connectivity index is 1.27. The number of rotatable bonds is 12. The highest BCUT2D eigenvalue weighted by Crippen LogP contribution is 2.24. The number of nitrogens with zero attached hydrogens (tertiary/aromatic N) is 6. The largest absolute Gasteiger partial charge is 0.445 e. The zero-order valence-electron chi connectivity index (χ0n) is 21.5. The molecule has 2 aromatic carbocycles. The fraction of sp³-hybridized carbons (Fsp3) is 0.393. The van der Waals surface area contributed by atoms with E-state index < -0.39 is 11.0 Å². The van der Waals surface area contributed by atoms with Gasteiger partial charge in [-0.2, -0.15) is 5.10 Å². The molecule has 10 heteroatoms. The summed E-state index contributed by atoms with van der Waals surface area (Å²) < 4.78 is 7.43. The van der Waals surface area contributed by atoms with E-state index in [-0.39, 0.29) is 18.3 Å². The Bertz CT molecular complexity index is 1160. The number of nitro benzene ring substituents is 1. The number of aromatic nitrogens is 3. The van der Waals surface area contributed by atoms with Crippen LogP contribution in [0.5, 0.6) is 0 Å². The number of piperidine rings is 1. The van der Waals surface area contributed by atoms with E-state index in [1.807, 2.05) is 10.7 Å². The van der Waals surface area contributed by atoms with Crippen molar-refractivity contribution in [3.63, 3.8) is 0 Å². The maximum atomic E-state index is 12.9. The molecule has 1 amide bonds. The van der Waals surface area contributed by atoms with Crippen LogP contribution in [-0.4, -0.2) is 67.8 Å². The summed E-state index contributed by atoms with van der Waals surface area (Å²) >= 11 is 0. The van der Waals surface area contributed by atoms with Crippen molar-refractivity contribution in [3.8, 4) is 0 Å². The van der Waals surface area contributed by atoms with Crippen molar-refractivity contribution in [1.82, 2.24) is 24.6 Å². The van der Waals surface area contributed by atoms with Crippen molar-refractivity contribution in [2.75, 3.05) is 26.2 Å². The minimum absolute atomic E-state index is 0.00797. The fourth-order valence-corrected chi connectivity index (χ4v) is 4.89. The molecule has 1 fully saturated rings. The van der Waals surface area contributed by atoms with Gasteiger partial charge in [-0.05, 0) is 49.1 Å². The van der Waals surface area contributed by atoms with E-state index >= 15 is 0 Å². The highest BCUT2D eigenvalue weighted by atomic mass is 16.6. The first-order valence-electron chi connectivity index (χ1n) is 12.9. The van der Waals surface area contributed by atoms with E-state index in [0.717, 1.165) is 45.4 Å². The van der Waals surface area contributed by atoms with Gasteiger partial charge in [0, 0.05) is 50.3 Å². The standard InChI is InChI=1S/C28H34N6O4/c1-2-15-33(28(35)38-20-23-8-10-27(11-9-23)34(36)37)26-13-17-31(18-14-26)16-12-25(19-32-22-29-21-30-32)24-6-4-3-5-7-24/h2-11,21-22,25-26H,1,12-20H2. The second kappa shape index (κ2) is 13.5. The second-order valence-electron chi connectivity index (χ2n) is 9.51. The van der Waals surface area contributed by atoms with Gasteiger partial charge in [-0.1, -0.05) is 36.4 Å². The number of non-ortho nitro benzene ring substituents is 1. The maximum Gasteiger partial charge on any atom is 0.410 e. The van der Waals surface area contributed by atoms with Crippen LogP contribution in [0, 0.1) is 10.1 Å². The lowest BCUT2D eigenvalue weighted by atomic mass is 9.94. The van der Waals surface area contributed by atoms with Crippen LogP contribution in [0.4, 0.5) is 10.5 Å². The second-order valence-corrected chi connectivity index (χ2v) is 9.51. The van der Waals surface area contributed by atoms with E-state index in [0.29, 0.717) is 18.0 Å². The Morgan fingerprint density at radius 3 is 2.55 bits per heavy atom. The van der Waals surface area contributed by atoms with Gasteiger partial charge >= 0.3 is 6.09 Å². The van der Waals surface area contributed by atoms with Crippen LogP contribution in [0.15, 0.2) is 79.9 Å². The lowest BCUT2D eigenvalue weighted by Gasteiger charge is -2.38. The number of likely N-dealkylation sites (tertiary alicyclic amines) is 1. The Hall–Kier alpha value is -4.05. The van der Waals surface area contributed by atoms with Crippen LogP contribution >= 0.6 is 0 Å². The minimum Gasteiger partial charge on any atom is -0.445 e. The number of carbonyl (C=O) groups is 1. The first-order valence-corrected chi connectivity index (χ1v) is 12.9. The van der Waals surface area contributed by atoms with E-state index in [9.17, 15) is 14.9 Å². The summed E-state index contributed by atoms with van der Waals surface area (Å²) in [5.41, 5.74) is 2.01. The number of benzene rings is 2. The molecular formula is C28H34N6O4. The molecule has 1 saturated heterocycles. The third kappa shape index (κ3) is 7.48. The Morgan fingerprint density at radius 1 is 1.18 bits per heavy atom. The summed E-state index contributed by atoms with van der Waals surface area (Å²) in [6.07, 6.45) is 7.38. The topological polar surface area (TPSA) is 107 Å². The van der Waals surface area contributed by atoms with Crippen molar-refractivity contribution in [3.05, 3.63) is 101 Å². The molecule has 4 rings (SSSR count). The van der Waals surface area contributed by atoms with Gasteiger partial charge in [0.25, 0.3) is 5.69 Å². The van der Waals surface area contributed by atoms with Crippen LogP contribution in [-0.2, 0) is 17.9 Å². The summed E-state index contributed by atoms with van der Waals surface area (Å²) in [5, 5.41) is 15.1. The smallest absolute Gasteiger partial charge is 0.410 e. The van der Waals surface area contributed by atoms with Gasteiger partial charge < -0.3 is 14.5 Å². The summed E-state index contributed by atoms with van der Waals surface area (Å²) in [4.78, 5) is 31.6. The summed E-state index contributed by atoms with van der Waals surface area (Å²) in [7, 11) is 0. The van der Waals surface area contributed by atoms with Crippen molar-refractivity contribution >= 4 is 11.8 Å². The monoisotopic (exact) mass is 518 g/mol. The number of hydrogen-bond donors (Lipinski definition) is 0. The van der Waals surface area contributed by atoms with E-state index in [1.54, 1.807) is 35.8 Å². The first-order chi connectivity index (χ1) is 18.5. The molecule has 1 aromatic heterocycles. The number of carbonyl (C=O) groups excluding carboxylic acids is 1. The zero-order valence-corrected chi connectivity index (χ0v) is 21.5. The lowest BCUT2D eigenvalue weighted by Crippen LogP contribution is -2.47. The number of ether oxygens (including phenoxy) is 1. The lowest BCUT2D eigenvalue weighted by molar-refractivity contribution is -0.384. The van der Waals surface area contributed by atoms with Gasteiger partial charge in [-0.15, -0.1) is 6.58 Å². The molecule has 38 heavy (non-hydrogen) atoms. The van der Waals surface area contributed by atoms with Crippen molar-refractivity contribution in [2.24, 2.45) is 0 Å². The minimum atomic E-state index is -0.452. The first kappa shape index (κ1) is 27.0. The van der Waals surface area contributed by atoms with Gasteiger partial charge in [0.15, 0.2) is 0 Å². The van der Waals surface area contributed by atoms with Crippen LogP contribution in [0.2, 0.25) is 0 Å². The van der Waals surface area contributed by atoms with Gasteiger partial charge in [0.1, 0.15) is 19.3 Å². The average Bonchev–Trinajstić information content (AvgIpc) is 3.47. The van der Waals surface area contributed by atoms with Crippen molar-refractivity contribution < 1.29 is 14.5 Å². The highest BCUT2D eigenvalue weighted by Gasteiger charge is 2.28. The fourth-order valence-electron chi connectivity index (χ4n) is 4.89. The Morgan fingerprint density at radius 2 is 1.92 bits per heavy atom. The molecule has 200 valence electrons. The van der Waals surface area contributed by atoms with Crippen LogP contribution in [0.1, 0.15) is 36.3 Å². The number of nitro groups is 1. The molecule has 0 radical (unpaired) electrons. The summed E-state index contributed by atoms with van der Waals surface area (Å²) in [5.74, 6) is 0.335. The third-order valence-corrected chi connectivity index (χ3v) is 7.01. The molecule has 1 aliphatic heterocycles. The normalized spacial score (nSPS) is 15.1. The highest BCUT2D eigenvalue weighted by molar-refractivity contribution is 5.68. The molecule has 1 aliphatic rings. The molecule has 0 saturated carbocycles. The summed E-state index contributed by atoms with van der Waals surface area (Å²) in [6.45, 7) is 7.84. The van der Waals surface area contributed by atoms with E-state index in [1.165, 1.54) is 17.7 Å². The number of hydrogen-bond acceptors (Lipinski definition) is 7. The molecular weight excluding hydrogens is 484 g/mol. The predicted octanol–water partition coefficient (Wildman–Crippen LogP) is 4.65. The molecule has 3 aromatic rings. The molecule has 0 N–H and O–H groups in total. The van der Waals surface area contributed by atoms with Gasteiger partial charge in [-0.25, -0.2) is 9.78 Å². The van der Waals surface area contributed by atoms with E-state index in [4.69, 9.17) is 4.74 Å². The zero-order chi connectivity index (χ0) is 26.7. The molecule has 2 heterocycles. The third-order valence-electron chi connectivity index (χ3n) is 7.01. The molecule has 0 spiro atoms. The SMILES string of the molecule is C=CCN(C(=O)OCc1ccc([N+](=O)[O-])cc1)C1CCN(CCC(Cn2cncn2)c2ccccc2)CC1. The summed E-state index contributed by atoms with van der Waals surface area (Å²) in [6, 6.07) is 16.6. The molecule has 0 aliphatic carbocycles.